The third kappa shape index (κ3) is 2.65. The predicted molar refractivity (Wildman–Crippen MR) is 67.3 cm³/mol. The molecule has 1 amide bonds. The molecule has 1 atom stereocenters. The van der Waals surface area contributed by atoms with Crippen molar-refractivity contribution in [1.82, 2.24) is 10.3 Å². The minimum atomic E-state index is -0.450. The van der Waals surface area contributed by atoms with Gasteiger partial charge in [-0.15, -0.1) is 11.3 Å². The van der Waals surface area contributed by atoms with E-state index in [-0.39, 0.29) is 5.91 Å². The molecule has 0 aromatic carbocycles. The topological polar surface area (TPSA) is 63.2 Å². The van der Waals surface area contributed by atoms with E-state index in [1.165, 1.54) is 11.3 Å². The number of hydrogen-bond donors (Lipinski definition) is 2. The number of carbonyl (C=O) groups is 1. The fourth-order valence-corrected chi connectivity index (χ4v) is 2.73. The molecule has 0 spiro atoms. The van der Waals surface area contributed by atoms with E-state index in [9.17, 15) is 4.79 Å². The van der Waals surface area contributed by atoms with Crippen LogP contribution in [0.5, 0.6) is 0 Å². The highest BCUT2D eigenvalue weighted by Gasteiger charge is 2.41. The Morgan fingerprint density at radius 2 is 2.59 bits per heavy atom. The Kier molecular flexibility index (Phi) is 3.76. The van der Waals surface area contributed by atoms with Crippen molar-refractivity contribution in [2.24, 2.45) is 5.41 Å². The summed E-state index contributed by atoms with van der Waals surface area (Å²) in [6, 6.07) is 0. The second-order valence-corrected chi connectivity index (χ2v) is 5.25. The van der Waals surface area contributed by atoms with Crippen LogP contribution in [0.15, 0.2) is 5.38 Å². The molecule has 94 valence electrons. The zero-order chi connectivity index (χ0) is 12.3. The molecule has 0 aliphatic carbocycles. The van der Waals surface area contributed by atoms with Gasteiger partial charge in [0.1, 0.15) is 0 Å². The number of anilines is 1. The Morgan fingerprint density at radius 3 is 3.12 bits per heavy atom. The highest BCUT2D eigenvalue weighted by Crippen LogP contribution is 2.28. The van der Waals surface area contributed by atoms with Crippen LogP contribution >= 0.6 is 11.3 Å². The number of rotatable bonds is 4. The van der Waals surface area contributed by atoms with Gasteiger partial charge in [-0.25, -0.2) is 4.98 Å². The number of hydrogen-bond acceptors (Lipinski definition) is 5. The molecular formula is C11H17N3O2S. The van der Waals surface area contributed by atoms with E-state index in [1.807, 2.05) is 12.3 Å². The molecule has 1 saturated heterocycles. The Balaban J connectivity index is 2.06. The third-order valence-corrected chi connectivity index (χ3v) is 3.86. The van der Waals surface area contributed by atoms with E-state index in [1.54, 1.807) is 7.11 Å². The Hall–Kier alpha value is -0.980. The summed E-state index contributed by atoms with van der Waals surface area (Å²) in [7, 11) is 1.63. The van der Waals surface area contributed by atoms with E-state index in [2.05, 4.69) is 15.6 Å². The van der Waals surface area contributed by atoms with E-state index in [4.69, 9.17) is 4.74 Å². The van der Waals surface area contributed by atoms with Crippen LogP contribution in [0.3, 0.4) is 0 Å². The van der Waals surface area contributed by atoms with Crippen molar-refractivity contribution in [3.8, 4) is 0 Å². The molecule has 2 rings (SSSR count). The van der Waals surface area contributed by atoms with Crippen molar-refractivity contribution in [3.63, 3.8) is 0 Å². The van der Waals surface area contributed by atoms with Crippen LogP contribution < -0.4 is 10.6 Å². The minimum Gasteiger partial charge on any atom is -0.384 e. The lowest BCUT2D eigenvalue weighted by Gasteiger charge is -2.25. The number of ether oxygens (including phenoxy) is 1. The quantitative estimate of drug-likeness (QED) is 0.843. The molecule has 0 saturated carbocycles. The van der Waals surface area contributed by atoms with Crippen LogP contribution in [0.1, 0.15) is 12.1 Å². The number of amides is 1. The summed E-state index contributed by atoms with van der Waals surface area (Å²) in [6.45, 7) is 3.87. The molecule has 2 N–H and O–H groups in total. The van der Waals surface area contributed by atoms with Crippen LogP contribution in [0, 0.1) is 12.3 Å². The zero-order valence-electron chi connectivity index (χ0n) is 10.1. The van der Waals surface area contributed by atoms with Gasteiger partial charge in [0.25, 0.3) is 0 Å². The van der Waals surface area contributed by atoms with Crippen molar-refractivity contribution in [3.05, 3.63) is 11.1 Å². The second kappa shape index (κ2) is 5.12. The van der Waals surface area contributed by atoms with Gasteiger partial charge in [-0.2, -0.15) is 0 Å². The molecule has 5 nitrogen and oxygen atoms in total. The normalized spacial score (nSPS) is 23.9. The number of nitrogens with zero attached hydrogens (tertiary/aromatic N) is 1. The van der Waals surface area contributed by atoms with Crippen LogP contribution in [0.2, 0.25) is 0 Å². The zero-order valence-corrected chi connectivity index (χ0v) is 10.9. The van der Waals surface area contributed by atoms with Crippen molar-refractivity contribution in [2.45, 2.75) is 13.3 Å². The minimum absolute atomic E-state index is 0.00120. The SMILES string of the molecule is COCC1(C(=O)Nc2nc(C)cs2)CCNC1. The Labute approximate surface area is 105 Å². The summed E-state index contributed by atoms with van der Waals surface area (Å²) in [4.78, 5) is 16.5. The van der Waals surface area contributed by atoms with Gasteiger partial charge in [-0.05, 0) is 19.9 Å². The molecule has 17 heavy (non-hydrogen) atoms. The fourth-order valence-electron chi connectivity index (χ4n) is 2.04. The van der Waals surface area contributed by atoms with Gasteiger partial charge in [-0.1, -0.05) is 0 Å². The van der Waals surface area contributed by atoms with E-state index >= 15 is 0 Å². The summed E-state index contributed by atoms with van der Waals surface area (Å²) < 4.78 is 5.18. The Bertz CT molecular complexity index is 399. The Morgan fingerprint density at radius 1 is 1.76 bits per heavy atom. The van der Waals surface area contributed by atoms with E-state index in [0.29, 0.717) is 18.3 Å². The molecule has 6 heteroatoms. The van der Waals surface area contributed by atoms with Crippen molar-refractivity contribution in [1.29, 1.82) is 0 Å². The van der Waals surface area contributed by atoms with Crippen molar-refractivity contribution in [2.75, 3.05) is 32.1 Å². The monoisotopic (exact) mass is 255 g/mol. The lowest BCUT2D eigenvalue weighted by Crippen LogP contribution is -2.41. The van der Waals surface area contributed by atoms with E-state index in [0.717, 1.165) is 18.7 Å². The standard InChI is InChI=1S/C11H17N3O2S/c1-8-5-17-10(13-8)14-9(15)11(7-16-2)3-4-12-6-11/h5,12H,3-4,6-7H2,1-2H3,(H,13,14,15). The summed E-state index contributed by atoms with van der Waals surface area (Å²) in [5.74, 6) is -0.00120. The van der Waals surface area contributed by atoms with Crippen LogP contribution in [0.4, 0.5) is 5.13 Å². The van der Waals surface area contributed by atoms with Gasteiger partial charge >= 0.3 is 0 Å². The van der Waals surface area contributed by atoms with Gasteiger partial charge in [-0.3, -0.25) is 4.79 Å². The first kappa shape index (κ1) is 12.5. The molecule has 1 fully saturated rings. The van der Waals surface area contributed by atoms with Crippen LogP contribution in [0.25, 0.3) is 0 Å². The second-order valence-electron chi connectivity index (χ2n) is 4.39. The maximum absolute atomic E-state index is 12.3. The third-order valence-electron chi connectivity index (χ3n) is 2.99. The summed E-state index contributed by atoms with van der Waals surface area (Å²) >= 11 is 1.45. The van der Waals surface area contributed by atoms with Crippen molar-refractivity contribution < 1.29 is 9.53 Å². The largest absolute Gasteiger partial charge is 0.384 e. The fraction of sp³-hybridized carbons (Fsp3) is 0.636. The smallest absolute Gasteiger partial charge is 0.236 e. The molecule has 1 aliphatic rings. The summed E-state index contributed by atoms with van der Waals surface area (Å²) in [5, 5.41) is 8.67. The number of methoxy groups -OCH3 is 1. The maximum atomic E-state index is 12.3. The molecule has 1 aromatic heterocycles. The molecule has 0 bridgehead atoms. The first-order valence-electron chi connectivity index (χ1n) is 5.59. The summed E-state index contributed by atoms with van der Waals surface area (Å²) in [5.41, 5.74) is 0.476. The molecule has 1 aromatic rings. The molecule has 2 heterocycles. The highest BCUT2D eigenvalue weighted by atomic mass is 32.1. The lowest BCUT2D eigenvalue weighted by atomic mass is 9.87. The highest BCUT2D eigenvalue weighted by molar-refractivity contribution is 7.13. The first-order chi connectivity index (χ1) is 8.16. The van der Waals surface area contributed by atoms with Crippen molar-refractivity contribution >= 4 is 22.4 Å². The number of nitrogens with one attached hydrogen (secondary N) is 2. The lowest BCUT2D eigenvalue weighted by molar-refractivity contribution is -0.127. The molecule has 1 unspecified atom stereocenters. The average molecular weight is 255 g/mol. The predicted octanol–water partition coefficient (Wildman–Crippen LogP) is 1.02. The van der Waals surface area contributed by atoms with Gasteiger partial charge in [0, 0.05) is 19.0 Å². The molecular weight excluding hydrogens is 238 g/mol. The number of aryl methyl sites for hydroxylation is 1. The van der Waals surface area contributed by atoms with Crippen LogP contribution in [-0.4, -0.2) is 37.7 Å². The molecule has 0 radical (unpaired) electrons. The van der Waals surface area contributed by atoms with Gasteiger partial charge in [0.05, 0.1) is 17.7 Å². The van der Waals surface area contributed by atoms with Gasteiger partial charge < -0.3 is 15.4 Å². The molecule has 1 aliphatic heterocycles. The number of carbonyl (C=O) groups excluding carboxylic acids is 1. The average Bonchev–Trinajstić information content (AvgIpc) is 2.89. The van der Waals surface area contributed by atoms with Crippen LogP contribution in [-0.2, 0) is 9.53 Å². The van der Waals surface area contributed by atoms with E-state index < -0.39 is 5.41 Å². The number of aromatic nitrogens is 1. The van der Waals surface area contributed by atoms with Gasteiger partial charge in [0.2, 0.25) is 5.91 Å². The number of thiazole rings is 1. The maximum Gasteiger partial charge on any atom is 0.236 e. The van der Waals surface area contributed by atoms with Gasteiger partial charge in [0.15, 0.2) is 5.13 Å². The first-order valence-corrected chi connectivity index (χ1v) is 6.47. The summed E-state index contributed by atoms with van der Waals surface area (Å²) in [6.07, 6.45) is 0.803.